The SMILES string of the molecule is C[C@H]1CC[C@H]2[C@@]3(O)[C@@H]1CC[C@]3(C)C[C@]2(C)C(=O)O. The van der Waals surface area contributed by atoms with Crippen LogP contribution in [0, 0.1) is 28.6 Å². The highest BCUT2D eigenvalue weighted by Crippen LogP contribution is 2.72. The van der Waals surface area contributed by atoms with E-state index in [0.29, 0.717) is 18.3 Å². The summed E-state index contributed by atoms with van der Waals surface area (Å²) in [7, 11) is 0. The number of rotatable bonds is 1. The monoisotopic (exact) mass is 252 g/mol. The van der Waals surface area contributed by atoms with E-state index in [1.807, 2.05) is 6.92 Å². The fourth-order valence-corrected chi connectivity index (χ4v) is 5.78. The zero-order valence-corrected chi connectivity index (χ0v) is 11.6. The van der Waals surface area contributed by atoms with E-state index < -0.39 is 17.0 Å². The van der Waals surface area contributed by atoms with Crippen molar-refractivity contribution in [2.75, 3.05) is 0 Å². The molecular weight excluding hydrogens is 228 g/mol. The Morgan fingerprint density at radius 3 is 2.50 bits per heavy atom. The van der Waals surface area contributed by atoms with Crippen LogP contribution < -0.4 is 0 Å². The molecule has 3 fully saturated rings. The molecule has 0 aromatic heterocycles. The van der Waals surface area contributed by atoms with E-state index in [1.165, 1.54) is 0 Å². The van der Waals surface area contributed by atoms with Crippen LogP contribution in [0.4, 0.5) is 0 Å². The summed E-state index contributed by atoms with van der Waals surface area (Å²) in [6.07, 6.45) is 4.63. The van der Waals surface area contributed by atoms with Gasteiger partial charge in [0.1, 0.15) is 0 Å². The minimum atomic E-state index is -0.738. The Kier molecular flexibility index (Phi) is 2.28. The molecule has 0 spiro atoms. The van der Waals surface area contributed by atoms with Gasteiger partial charge in [0.2, 0.25) is 0 Å². The van der Waals surface area contributed by atoms with Crippen molar-refractivity contribution in [3.05, 3.63) is 0 Å². The standard InChI is InChI=1S/C15H24O3/c1-9-4-5-11-14(3,12(16)17)8-13(2)7-6-10(9)15(11,13)18/h9-11,18H,4-8H2,1-3H3,(H,16,17)/t9-,10+,11+,13+,14-,15-/m0/s1. The van der Waals surface area contributed by atoms with Gasteiger partial charge < -0.3 is 10.2 Å². The average molecular weight is 252 g/mol. The third kappa shape index (κ3) is 1.13. The molecule has 0 aliphatic heterocycles. The molecule has 3 aliphatic rings. The molecule has 6 atom stereocenters. The first-order chi connectivity index (χ1) is 8.26. The average Bonchev–Trinajstić information content (AvgIpc) is 2.61. The maximum absolute atomic E-state index is 11.7. The van der Waals surface area contributed by atoms with Crippen molar-refractivity contribution in [3.63, 3.8) is 0 Å². The summed E-state index contributed by atoms with van der Waals surface area (Å²) < 4.78 is 0. The van der Waals surface area contributed by atoms with E-state index in [2.05, 4.69) is 13.8 Å². The first-order valence-electron chi connectivity index (χ1n) is 7.21. The number of aliphatic carboxylic acids is 1. The van der Waals surface area contributed by atoms with Crippen molar-refractivity contribution in [3.8, 4) is 0 Å². The molecule has 0 unspecified atom stereocenters. The molecule has 0 radical (unpaired) electrons. The Morgan fingerprint density at radius 2 is 1.89 bits per heavy atom. The van der Waals surface area contributed by atoms with Gasteiger partial charge in [0, 0.05) is 5.92 Å². The normalized spacial score (nSPS) is 58.6. The summed E-state index contributed by atoms with van der Waals surface area (Å²) >= 11 is 0. The number of carboxylic acid groups (broad SMARTS) is 1. The van der Waals surface area contributed by atoms with Crippen molar-refractivity contribution >= 4 is 5.97 Å². The Bertz CT molecular complexity index is 407. The highest BCUT2D eigenvalue weighted by molar-refractivity contribution is 5.76. The van der Waals surface area contributed by atoms with Crippen LogP contribution in [0.25, 0.3) is 0 Å². The van der Waals surface area contributed by atoms with E-state index >= 15 is 0 Å². The van der Waals surface area contributed by atoms with Gasteiger partial charge in [-0.05, 0) is 56.3 Å². The second kappa shape index (κ2) is 3.30. The van der Waals surface area contributed by atoms with Crippen LogP contribution >= 0.6 is 0 Å². The zero-order valence-electron chi connectivity index (χ0n) is 11.6. The topological polar surface area (TPSA) is 57.5 Å². The van der Waals surface area contributed by atoms with Crippen molar-refractivity contribution in [1.29, 1.82) is 0 Å². The van der Waals surface area contributed by atoms with Crippen LogP contribution in [0.1, 0.15) is 52.9 Å². The van der Waals surface area contributed by atoms with E-state index in [-0.39, 0.29) is 11.3 Å². The lowest BCUT2D eigenvalue weighted by molar-refractivity contribution is -0.164. The summed E-state index contributed by atoms with van der Waals surface area (Å²) in [6.45, 7) is 6.20. The van der Waals surface area contributed by atoms with Crippen molar-refractivity contribution in [1.82, 2.24) is 0 Å². The van der Waals surface area contributed by atoms with Crippen LogP contribution in [0.2, 0.25) is 0 Å². The molecule has 0 aromatic carbocycles. The number of aliphatic hydroxyl groups is 1. The molecule has 0 bridgehead atoms. The first kappa shape index (κ1) is 12.5. The molecule has 0 saturated heterocycles. The molecule has 3 aliphatic carbocycles. The van der Waals surface area contributed by atoms with Crippen LogP contribution in [0.3, 0.4) is 0 Å². The smallest absolute Gasteiger partial charge is 0.309 e. The lowest BCUT2D eigenvalue weighted by atomic mass is 9.60. The quantitative estimate of drug-likeness (QED) is 0.754. The highest BCUT2D eigenvalue weighted by Gasteiger charge is 2.74. The number of carbonyl (C=O) groups is 1. The van der Waals surface area contributed by atoms with Gasteiger partial charge in [-0.2, -0.15) is 0 Å². The van der Waals surface area contributed by atoms with Gasteiger partial charge in [0.15, 0.2) is 0 Å². The van der Waals surface area contributed by atoms with E-state index in [4.69, 9.17) is 0 Å². The van der Waals surface area contributed by atoms with Crippen molar-refractivity contribution in [2.45, 2.75) is 58.5 Å². The van der Waals surface area contributed by atoms with E-state index in [0.717, 1.165) is 25.7 Å². The van der Waals surface area contributed by atoms with E-state index in [1.54, 1.807) is 0 Å². The number of carboxylic acids is 1. The first-order valence-corrected chi connectivity index (χ1v) is 7.21. The molecule has 3 heteroatoms. The zero-order chi connectivity index (χ0) is 13.3. The predicted molar refractivity (Wildman–Crippen MR) is 68.0 cm³/mol. The Hall–Kier alpha value is -0.570. The molecule has 18 heavy (non-hydrogen) atoms. The van der Waals surface area contributed by atoms with Gasteiger partial charge in [0.25, 0.3) is 0 Å². The van der Waals surface area contributed by atoms with E-state index in [9.17, 15) is 15.0 Å². The summed E-state index contributed by atoms with van der Waals surface area (Å²) in [6, 6.07) is 0. The maximum atomic E-state index is 11.7. The summed E-state index contributed by atoms with van der Waals surface area (Å²) in [5.41, 5.74) is -1.66. The Labute approximate surface area is 109 Å². The van der Waals surface area contributed by atoms with Crippen LogP contribution in [-0.4, -0.2) is 21.8 Å². The summed E-state index contributed by atoms with van der Waals surface area (Å²) in [4.78, 5) is 11.7. The maximum Gasteiger partial charge on any atom is 0.309 e. The predicted octanol–water partition coefficient (Wildman–Crippen LogP) is 2.67. The minimum Gasteiger partial charge on any atom is -0.481 e. The van der Waals surface area contributed by atoms with Crippen LogP contribution in [0.15, 0.2) is 0 Å². The summed E-state index contributed by atoms with van der Waals surface area (Å²) in [5, 5.41) is 21.0. The molecule has 0 heterocycles. The second-order valence-corrected chi connectivity index (χ2v) is 7.54. The Morgan fingerprint density at radius 1 is 1.22 bits per heavy atom. The summed E-state index contributed by atoms with van der Waals surface area (Å²) in [5.74, 6) is 0.0627. The minimum absolute atomic E-state index is 0.0591. The van der Waals surface area contributed by atoms with Crippen LogP contribution in [-0.2, 0) is 4.79 Å². The Balaban J connectivity index is 2.12. The van der Waals surface area contributed by atoms with Crippen LogP contribution in [0.5, 0.6) is 0 Å². The molecule has 0 aromatic rings. The van der Waals surface area contributed by atoms with Gasteiger partial charge >= 0.3 is 5.97 Å². The largest absolute Gasteiger partial charge is 0.481 e. The number of hydrogen-bond donors (Lipinski definition) is 2. The van der Waals surface area contributed by atoms with Gasteiger partial charge in [-0.1, -0.05) is 13.8 Å². The van der Waals surface area contributed by atoms with Gasteiger partial charge in [-0.25, -0.2) is 0 Å². The lowest BCUT2D eigenvalue weighted by Gasteiger charge is -2.49. The van der Waals surface area contributed by atoms with Gasteiger partial charge in [-0.3, -0.25) is 4.79 Å². The third-order valence-electron chi connectivity index (χ3n) is 6.68. The second-order valence-electron chi connectivity index (χ2n) is 7.54. The van der Waals surface area contributed by atoms with Gasteiger partial charge in [-0.15, -0.1) is 0 Å². The molecule has 0 amide bonds. The molecule has 2 N–H and O–H groups in total. The molecular formula is C15H24O3. The lowest BCUT2D eigenvalue weighted by Crippen LogP contribution is -2.54. The molecule has 3 saturated carbocycles. The fraction of sp³-hybridized carbons (Fsp3) is 0.933. The molecule has 3 nitrogen and oxygen atoms in total. The van der Waals surface area contributed by atoms with Crippen molar-refractivity contribution in [2.24, 2.45) is 28.6 Å². The molecule has 3 rings (SSSR count). The third-order valence-corrected chi connectivity index (χ3v) is 6.68. The van der Waals surface area contributed by atoms with Crippen molar-refractivity contribution < 1.29 is 15.0 Å². The highest BCUT2D eigenvalue weighted by atomic mass is 16.4. The fourth-order valence-electron chi connectivity index (χ4n) is 5.78. The molecule has 102 valence electrons. The number of hydrogen-bond acceptors (Lipinski definition) is 2. The van der Waals surface area contributed by atoms with Gasteiger partial charge in [0.05, 0.1) is 11.0 Å².